The van der Waals surface area contributed by atoms with Gasteiger partial charge in [-0.15, -0.1) is 0 Å². The average molecular weight is 687 g/mol. The lowest BCUT2D eigenvalue weighted by Gasteiger charge is -2.30. The van der Waals surface area contributed by atoms with Gasteiger partial charge in [0, 0.05) is 12.8 Å². The first-order valence-electron chi connectivity index (χ1n) is 17.0. The lowest BCUT2D eigenvalue weighted by molar-refractivity contribution is -0.168. The van der Waals surface area contributed by atoms with E-state index in [2.05, 4.69) is 0 Å². The number of aliphatic hydroxyl groups is 10. The van der Waals surface area contributed by atoms with Crippen molar-refractivity contribution in [3.8, 4) is 0 Å². The number of fused-ring (bicyclic) bond motifs is 1. The second-order valence-corrected chi connectivity index (χ2v) is 13.3. The van der Waals surface area contributed by atoms with Gasteiger partial charge in [0.15, 0.2) is 0 Å². The molecule has 2 aliphatic heterocycles. The highest BCUT2D eigenvalue weighted by molar-refractivity contribution is 5.74. The van der Waals surface area contributed by atoms with E-state index >= 15 is 0 Å². The summed E-state index contributed by atoms with van der Waals surface area (Å²) < 4.78 is 11.0. The Kier molecular flexibility index (Phi) is 18.1. The second kappa shape index (κ2) is 20.6. The fraction of sp³-hybridized carbons (Fsp3) is 0.743. The summed E-state index contributed by atoms with van der Waals surface area (Å²) in [5.74, 6) is -2.38. The fourth-order valence-corrected chi connectivity index (χ4v) is 5.87. The quantitative estimate of drug-likeness (QED) is 0.105. The van der Waals surface area contributed by atoms with E-state index in [1.165, 1.54) is 13.0 Å². The van der Waals surface area contributed by atoms with Crippen LogP contribution >= 0.6 is 0 Å². The summed E-state index contributed by atoms with van der Waals surface area (Å²) in [7, 11) is 0. The molecule has 0 bridgehead atoms. The Hall–Kier alpha value is -2.01. The number of hydrogen-bond acceptors (Lipinski definition) is 13. The van der Waals surface area contributed by atoms with Crippen LogP contribution in [0.15, 0.2) is 48.6 Å². The van der Waals surface area contributed by atoms with Crippen molar-refractivity contribution in [3.63, 3.8) is 0 Å². The number of aliphatic hydroxyl groups excluding tert-OH is 10. The molecule has 1 fully saturated rings. The molecule has 48 heavy (non-hydrogen) atoms. The van der Waals surface area contributed by atoms with Crippen molar-refractivity contribution in [1.29, 1.82) is 0 Å². The largest absolute Gasteiger partial charge is 0.459 e. The standard InChI is InChI=1S/C35H58O13/c1-4-5-10-14-27(41)31-28(42)19-24(38)17-22(36)16-23(37)18-25(39)20-29(43)32(44)33(45)35(3)30(48-35)15-12-9-7-6-8-11-13-26(40)21(2)47-34(31)46/h6-9,11-13,15,21-33,36-45H,4-5,10,14,16-20H2,1-3H3/b8-6+,9-7+,13-11+,15-12+/t21-,22+,23-,24+,25-,26+,27-,28+,29-,30-,31-,32+,33+,35+/m1/s1. The monoisotopic (exact) mass is 686 g/mol. The van der Waals surface area contributed by atoms with E-state index in [4.69, 9.17) is 9.47 Å². The minimum atomic E-state index is -1.66. The molecule has 13 heteroatoms. The molecule has 0 unspecified atom stereocenters. The van der Waals surface area contributed by atoms with Crippen molar-refractivity contribution in [1.82, 2.24) is 0 Å². The van der Waals surface area contributed by atoms with Crippen LogP contribution in [0.4, 0.5) is 0 Å². The molecule has 0 radical (unpaired) electrons. The third-order valence-electron chi connectivity index (χ3n) is 8.99. The van der Waals surface area contributed by atoms with Crippen molar-refractivity contribution in [2.45, 2.75) is 157 Å². The molecule has 2 heterocycles. The van der Waals surface area contributed by atoms with Gasteiger partial charge in [0.05, 0.1) is 42.7 Å². The smallest absolute Gasteiger partial charge is 0.314 e. The summed E-state index contributed by atoms with van der Waals surface area (Å²) in [5, 5.41) is 106. The van der Waals surface area contributed by atoms with E-state index < -0.39 is 97.2 Å². The van der Waals surface area contributed by atoms with Crippen molar-refractivity contribution < 1.29 is 65.3 Å². The maximum absolute atomic E-state index is 13.2. The van der Waals surface area contributed by atoms with E-state index in [0.29, 0.717) is 6.42 Å². The van der Waals surface area contributed by atoms with Gasteiger partial charge >= 0.3 is 5.97 Å². The van der Waals surface area contributed by atoms with Gasteiger partial charge in [0.1, 0.15) is 42.0 Å². The number of cyclic esters (lactones) is 1. The van der Waals surface area contributed by atoms with Crippen LogP contribution in [0.1, 0.15) is 78.6 Å². The first-order chi connectivity index (χ1) is 22.6. The highest BCUT2D eigenvalue weighted by Gasteiger charge is 2.58. The third-order valence-corrected chi connectivity index (χ3v) is 8.99. The van der Waals surface area contributed by atoms with Crippen molar-refractivity contribution in [2.24, 2.45) is 5.92 Å². The molecule has 0 aromatic rings. The number of carbonyl (C=O) groups excluding carboxylic acids is 1. The summed E-state index contributed by atoms with van der Waals surface area (Å²) in [4.78, 5) is 13.2. The highest BCUT2D eigenvalue weighted by Crippen LogP contribution is 2.42. The summed E-state index contributed by atoms with van der Waals surface area (Å²) in [6.07, 6.45) is -1.77. The van der Waals surface area contributed by atoms with Gasteiger partial charge in [-0.05, 0) is 39.5 Å². The lowest BCUT2D eigenvalue weighted by atomic mass is 9.87. The first-order valence-corrected chi connectivity index (χ1v) is 17.0. The Morgan fingerprint density at radius 3 is 1.81 bits per heavy atom. The topological polar surface area (TPSA) is 241 Å². The summed E-state index contributed by atoms with van der Waals surface area (Å²) in [6, 6.07) is 0. The predicted octanol–water partition coefficient (Wildman–Crippen LogP) is 0.0700. The van der Waals surface area contributed by atoms with Gasteiger partial charge in [-0.1, -0.05) is 74.8 Å². The SMILES string of the molecule is CCCCC[C@@H](O)[C@H]1C(=O)O[C@H](C)[C@@H](O)/C=C/C=C/C=C/C=C/[C@H]2O[C@]2(C)[C@@H](O)[C@@H](O)[C@H](O)C[C@H](O)C[C@H](O)C[C@H](O)C[C@H](O)C[C@@H]1O. The molecule has 1 saturated heterocycles. The van der Waals surface area contributed by atoms with Crippen LogP contribution < -0.4 is 0 Å². The molecule has 0 aromatic carbocycles. The van der Waals surface area contributed by atoms with Crippen molar-refractivity contribution >= 4 is 5.97 Å². The summed E-state index contributed by atoms with van der Waals surface area (Å²) >= 11 is 0. The molecule has 2 rings (SSSR count). The minimum absolute atomic E-state index is 0.194. The van der Waals surface area contributed by atoms with Gasteiger partial charge in [0.25, 0.3) is 0 Å². The molecule has 13 nitrogen and oxygen atoms in total. The van der Waals surface area contributed by atoms with E-state index in [1.807, 2.05) is 6.92 Å². The number of allylic oxidation sites excluding steroid dienone is 6. The Balaban J connectivity index is 2.22. The number of epoxide rings is 1. The van der Waals surface area contributed by atoms with Crippen LogP contribution in [0.3, 0.4) is 0 Å². The molecule has 10 N–H and O–H groups in total. The van der Waals surface area contributed by atoms with E-state index in [0.717, 1.165) is 12.8 Å². The van der Waals surface area contributed by atoms with Gasteiger partial charge in [0.2, 0.25) is 0 Å². The lowest BCUT2D eigenvalue weighted by Crippen LogP contribution is -2.47. The minimum Gasteiger partial charge on any atom is -0.459 e. The Labute approximate surface area is 283 Å². The number of hydrogen-bond donors (Lipinski definition) is 10. The van der Waals surface area contributed by atoms with Gasteiger partial charge in [-0.3, -0.25) is 4.79 Å². The molecule has 0 aromatic heterocycles. The molecule has 2 aliphatic rings. The molecular weight excluding hydrogens is 628 g/mol. The van der Waals surface area contributed by atoms with E-state index in [9.17, 15) is 55.9 Å². The number of rotatable bonds is 5. The highest BCUT2D eigenvalue weighted by atomic mass is 16.6. The maximum atomic E-state index is 13.2. The zero-order valence-electron chi connectivity index (χ0n) is 28.2. The van der Waals surface area contributed by atoms with Crippen LogP contribution in [0.5, 0.6) is 0 Å². The second-order valence-electron chi connectivity index (χ2n) is 13.3. The normalized spacial score (nSPS) is 43.4. The van der Waals surface area contributed by atoms with Gasteiger partial charge < -0.3 is 60.5 Å². The van der Waals surface area contributed by atoms with Crippen LogP contribution in [0.25, 0.3) is 0 Å². The Morgan fingerprint density at radius 2 is 1.25 bits per heavy atom. The zero-order chi connectivity index (χ0) is 36.0. The van der Waals surface area contributed by atoms with E-state index in [1.54, 1.807) is 49.5 Å². The Morgan fingerprint density at radius 1 is 0.750 bits per heavy atom. The molecule has 0 aliphatic carbocycles. The van der Waals surface area contributed by atoms with Crippen molar-refractivity contribution in [2.75, 3.05) is 0 Å². The number of esters is 1. The van der Waals surface area contributed by atoms with Crippen molar-refractivity contribution in [3.05, 3.63) is 48.6 Å². The van der Waals surface area contributed by atoms with Crippen LogP contribution in [-0.4, -0.2) is 136 Å². The summed E-state index contributed by atoms with van der Waals surface area (Å²) in [6.45, 7) is 5.01. The molecule has 0 saturated carbocycles. The third kappa shape index (κ3) is 13.7. The van der Waals surface area contributed by atoms with Gasteiger partial charge in [-0.2, -0.15) is 0 Å². The van der Waals surface area contributed by atoms with Gasteiger partial charge in [-0.25, -0.2) is 0 Å². The molecule has 14 atom stereocenters. The molecular formula is C35H58O13. The number of ether oxygens (including phenoxy) is 2. The molecule has 0 spiro atoms. The average Bonchev–Trinajstić information content (AvgIpc) is 3.66. The van der Waals surface area contributed by atoms with Crippen LogP contribution in [0, 0.1) is 5.92 Å². The first kappa shape index (κ1) is 42.2. The van der Waals surface area contributed by atoms with Crippen LogP contribution in [-0.2, 0) is 14.3 Å². The fourth-order valence-electron chi connectivity index (χ4n) is 5.87. The van der Waals surface area contributed by atoms with E-state index in [-0.39, 0.29) is 32.1 Å². The molecule has 0 amide bonds. The number of unbranched alkanes of at least 4 members (excludes halogenated alkanes) is 2. The Bertz CT molecular complexity index is 1060. The molecule has 276 valence electrons. The number of carbonyl (C=O) groups is 1. The maximum Gasteiger partial charge on any atom is 0.314 e. The van der Waals surface area contributed by atoms with Crippen LogP contribution in [0.2, 0.25) is 0 Å². The zero-order valence-corrected chi connectivity index (χ0v) is 28.2. The summed E-state index contributed by atoms with van der Waals surface area (Å²) in [5.41, 5.74) is -1.17. The predicted molar refractivity (Wildman–Crippen MR) is 176 cm³/mol.